The molecule has 0 spiro atoms. The average Bonchev–Trinajstić information content (AvgIpc) is 2.33. The van der Waals surface area contributed by atoms with Crippen LogP contribution in [0, 0.1) is 5.92 Å². The van der Waals surface area contributed by atoms with Gasteiger partial charge in [0.15, 0.2) is 0 Å². The summed E-state index contributed by atoms with van der Waals surface area (Å²) in [6.45, 7) is 13.1. The largest absolute Gasteiger partial charge is 0.461 e. The molecule has 0 aromatic carbocycles. The maximum absolute atomic E-state index is 11.9. The molecule has 0 aromatic rings. The van der Waals surface area contributed by atoms with Crippen molar-refractivity contribution in [2.45, 2.75) is 85.5 Å². The Bertz CT molecular complexity index is 332. The van der Waals surface area contributed by atoms with Crippen LogP contribution in [0.5, 0.6) is 0 Å². The first-order chi connectivity index (χ1) is 9.58. The summed E-state index contributed by atoms with van der Waals surface area (Å²) in [5.41, 5.74) is -0.587. The van der Waals surface area contributed by atoms with Crippen LogP contribution in [0.2, 0.25) is 0 Å². The van der Waals surface area contributed by atoms with Crippen LogP contribution in [-0.2, 0) is 14.3 Å². The predicted molar refractivity (Wildman–Crippen MR) is 83.1 cm³/mol. The van der Waals surface area contributed by atoms with Crippen molar-refractivity contribution in [2.24, 2.45) is 5.92 Å². The highest BCUT2D eigenvalue weighted by molar-refractivity contribution is 5.81. The first kappa shape index (κ1) is 19.7. The fourth-order valence-corrected chi connectivity index (χ4v) is 1.98. The van der Waals surface area contributed by atoms with Gasteiger partial charge >= 0.3 is 12.1 Å². The summed E-state index contributed by atoms with van der Waals surface area (Å²) < 4.78 is 10.5. The molecular weight excluding hydrogens is 270 g/mol. The number of carbonyl (C=O) groups excluding carboxylic acids is 2. The molecule has 0 aliphatic carbocycles. The second-order valence-corrected chi connectivity index (χ2v) is 6.53. The fraction of sp³-hybridized carbons (Fsp3) is 0.875. The molecule has 0 bridgehead atoms. The molecule has 1 amide bonds. The molecule has 2 atom stereocenters. The van der Waals surface area contributed by atoms with Crippen molar-refractivity contribution in [3.05, 3.63) is 0 Å². The van der Waals surface area contributed by atoms with Crippen molar-refractivity contribution >= 4 is 12.1 Å². The molecule has 124 valence electrons. The van der Waals surface area contributed by atoms with E-state index in [2.05, 4.69) is 19.2 Å². The molecule has 0 aromatic heterocycles. The third kappa shape index (κ3) is 9.32. The molecule has 0 fully saturated rings. The molecular formula is C16H31NO4. The van der Waals surface area contributed by atoms with Crippen LogP contribution in [0.15, 0.2) is 0 Å². The molecule has 0 heterocycles. The Morgan fingerprint density at radius 1 is 1.10 bits per heavy atom. The van der Waals surface area contributed by atoms with E-state index < -0.39 is 23.7 Å². The number of hydrogen-bond donors (Lipinski definition) is 1. The summed E-state index contributed by atoms with van der Waals surface area (Å²) in [6.07, 6.45) is 2.23. The zero-order chi connectivity index (χ0) is 16.6. The van der Waals surface area contributed by atoms with Gasteiger partial charge in [-0.05, 0) is 47.0 Å². The van der Waals surface area contributed by atoms with Gasteiger partial charge in [-0.1, -0.05) is 26.7 Å². The van der Waals surface area contributed by atoms with Gasteiger partial charge in [-0.25, -0.2) is 9.59 Å². The van der Waals surface area contributed by atoms with E-state index in [1.807, 2.05) is 6.92 Å². The van der Waals surface area contributed by atoms with Crippen LogP contribution in [-0.4, -0.2) is 29.8 Å². The number of amides is 1. The van der Waals surface area contributed by atoms with Gasteiger partial charge in [-0.2, -0.15) is 0 Å². The Labute approximate surface area is 128 Å². The highest BCUT2D eigenvalue weighted by Crippen LogP contribution is 2.17. The van der Waals surface area contributed by atoms with Crippen molar-refractivity contribution in [3.63, 3.8) is 0 Å². The second kappa shape index (κ2) is 8.90. The van der Waals surface area contributed by atoms with Crippen LogP contribution < -0.4 is 5.32 Å². The molecule has 0 saturated carbocycles. The van der Waals surface area contributed by atoms with Crippen LogP contribution in [0.3, 0.4) is 0 Å². The van der Waals surface area contributed by atoms with Crippen molar-refractivity contribution in [1.29, 1.82) is 0 Å². The average molecular weight is 301 g/mol. The molecule has 0 radical (unpaired) electrons. The molecule has 21 heavy (non-hydrogen) atoms. The quantitative estimate of drug-likeness (QED) is 0.729. The van der Waals surface area contributed by atoms with Gasteiger partial charge in [-0.3, -0.25) is 0 Å². The van der Waals surface area contributed by atoms with Crippen LogP contribution in [0.1, 0.15) is 67.7 Å². The van der Waals surface area contributed by atoms with Crippen LogP contribution in [0.25, 0.3) is 0 Å². The number of esters is 1. The summed E-state index contributed by atoms with van der Waals surface area (Å²) in [7, 11) is 0. The third-order valence-corrected chi connectivity index (χ3v) is 3.22. The highest BCUT2D eigenvalue weighted by atomic mass is 16.6. The number of carbonyl (C=O) groups is 2. The maximum atomic E-state index is 11.9. The Hall–Kier alpha value is -1.26. The lowest BCUT2D eigenvalue weighted by atomic mass is 9.97. The molecule has 0 aliphatic heterocycles. The number of ether oxygens (including phenoxy) is 2. The number of nitrogens with one attached hydrogen (secondary N) is 1. The summed E-state index contributed by atoms with van der Waals surface area (Å²) in [6, 6.07) is -0.719. The molecule has 0 rings (SSSR count). The van der Waals surface area contributed by atoms with Gasteiger partial charge in [0.05, 0.1) is 6.10 Å². The summed E-state index contributed by atoms with van der Waals surface area (Å²) in [5, 5.41) is 2.49. The standard InChI is InChI=1S/C16H31NO4/c1-8-13(9-2)10-11(3)20-14(18)12(4)17-15(19)21-16(5,6)7/h11-13H,8-10H2,1-7H3,(H,17,19)/t11-,12-/m0/s1. The van der Waals surface area contributed by atoms with E-state index >= 15 is 0 Å². The maximum Gasteiger partial charge on any atom is 0.408 e. The van der Waals surface area contributed by atoms with Crippen molar-refractivity contribution in [1.82, 2.24) is 5.32 Å². The Morgan fingerprint density at radius 2 is 1.62 bits per heavy atom. The Balaban J connectivity index is 4.24. The van der Waals surface area contributed by atoms with Gasteiger partial charge in [-0.15, -0.1) is 0 Å². The van der Waals surface area contributed by atoms with Gasteiger partial charge in [0.25, 0.3) is 0 Å². The van der Waals surface area contributed by atoms with Crippen molar-refractivity contribution < 1.29 is 19.1 Å². The van der Waals surface area contributed by atoms with Crippen LogP contribution >= 0.6 is 0 Å². The van der Waals surface area contributed by atoms with E-state index in [1.165, 1.54) is 0 Å². The Morgan fingerprint density at radius 3 is 2.05 bits per heavy atom. The van der Waals surface area contributed by atoms with E-state index in [4.69, 9.17) is 9.47 Å². The molecule has 5 heteroatoms. The first-order valence-electron chi connectivity index (χ1n) is 7.79. The summed E-state index contributed by atoms with van der Waals surface area (Å²) in [4.78, 5) is 23.5. The zero-order valence-corrected chi connectivity index (χ0v) is 14.5. The minimum atomic E-state index is -0.719. The van der Waals surface area contributed by atoms with E-state index in [9.17, 15) is 9.59 Å². The third-order valence-electron chi connectivity index (χ3n) is 3.22. The first-order valence-corrected chi connectivity index (χ1v) is 7.79. The van der Waals surface area contributed by atoms with E-state index in [1.54, 1.807) is 27.7 Å². The van der Waals surface area contributed by atoms with E-state index in [0.717, 1.165) is 19.3 Å². The molecule has 1 N–H and O–H groups in total. The second-order valence-electron chi connectivity index (χ2n) is 6.53. The smallest absolute Gasteiger partial charge is 0.408 e. The topological polar surface area (TPSA) is 64.6 Å². The van der Waals surface area contributed by atoms with Gasteiger partial charge < -0.3 is 14.8 Å². The number of hydrogen-bond acceptors (Lipinski definition) is 4. The lowest BCUT2D eigenvalue weighted by molar-refractivity contribution is -0.151. The van der Waals surface area contributed by atoms with Crippen molar-refractivity contribution in [3.8, 4) is 0 Å². The zero-order valence-electron chi connectivity index (χ0n) is 14.5. The van der Waals surface area contributed by atoms with Crippen molar-refractivity contribution in [2.75, 3.05) is 0 Å². The predicted octanol–water partition coefficient (Wildman–Crippen LogP) is 3.66. The normalized spacial score (nSPS) is 14.5. The summed E-state index contributed by atoms with van der Waals surface area (Å²) in [5.74, 6) is 0.126. The van der Waals surface area contributed by atoms with E-state index in [0.29, 0.717) is 5.92 Å². The molecule has 0 unspecified atom stereocenters. The molecule has 0 saturated heterocycles. The highest BCUT2D eigenvalue weighted by Gasteiger charge is 2.23. The van der Waals surface area contributed by atoms with Gasteiger partial charge in [0.2, 0.25) is 0 Å². The summed E-state index contributed by atoms with van der Waals surface area (Å²) >= 11 is 0. The fourth-order valence-electron chi connectivity index (χ4n) is 1.98. The number of alkyl carbamates (subject to hydrolysis) is 1. The Kier molecular flexibility index (Phi) is 8.37. The molecule has 0 aliphatic rings. The minimum absolute atomic E-state index is 0.148. The van der Waals surface area contributed by atoms with Gasteiger partial charge in [0.1, 0.15) is 11.6 Å². The monoisotopic (exact) mass is 301 g/mol. The lowest BCUT2D eigenvalue weighted by Gasteiger charge is -2.23. The lowest BCUT2D eigenvalue weighted by Crippen LogP contribution is -2.43. The van der Waals surface area contributed by atoms with Crippen LogP contribution in [0.4, 0.5) is 4.79 Å². The number of rotatable bonds is 7. The SMILES string of the molecule is CCC(CC)C[C@H](C)OC(=O)[C@H](C)NC(=O)OC(C)(C)C. The molecule has 5 nitrogen and oxygen atoms in total. The van der Waals surface area contributed by atoms with Gasteiger partial charge in [0, 0.05) is 0 Å². The minimum Gasteiger partial charge on any atom is -0.461 e. The van der Waals surface area contributed by atoms with E-state index in [-0.39, 0.29) is 6.10 Å².